The molecule has 0 saturated heterocycles. The molecular weight excluding hydrogens is 280 g/mol. The van der Waals surface area contributed by atoms with Gasteiger partial charge in [0.25, 0.3) is 0 Å². The number of amides is 1. The van der Waals surface area contributed by atoms with Crippen LogP contribution in [0.15, 0.2) is 18.2 Å². The van der Waals surface area contributed by atoms with Gasteiger partial charge in [-0.2, -0.15) is 0 Å². The van der Waals surface area contributed by atoms with Crippen LogP contribution in [0.5, 0.6) is 0 Å². The minimum Gasteiger partial charge on any atom is -0.458 e. The quantitative estimate of drug-likeness (QED) is 0.868. The molecule has 1 aromatic carbocycles. The summed E-state index contributed by atoms with van der Waals surface area (Å²) in [6, 6.07) is 2.40. The molecule has 0 aliphatic rings. The minimum atomic E-state index is -1.01. The van der Waals surface area contributed by atoms with Crippen LogP contribution in [0.25, 0.3) is 0 Å². The summed E-state index contributed by atoms with van der Waals surface area (Å²) in [6.07, 6.45) is -0.148. The Bertz CT molecular complexity index is 538. The van der Waals surface area contributed by atoms with E-state index in [4.69, 9.17) is 4.74 Å². The molecule has 0 aliphatic carbocycles. The maximum atomic E-state index is 13.0. The Labute approximate surface area is 122 Å². The monoisotopic (exact) mass is 299 g/mol. The third kappa shape index (κ3) is 5.89. The lowest BCUT2D eigenvalue weighted by atomic mass is 10.1. The van der Waals surface area contributed by atoms with Crippen LogP contribution in [0, 0.1) is 11.6 Å². The van der Waals surface area contributed by atoms with E-state index < -0.39 is 35.2 Å². The topological polar surface area (TPSA) is 55.4 Å². The van der Waals surface area contributed by atoms with Gasteiger partial charge in [-0.25, -0.2) is 13.6 Å². The molecular formula is C15H19F2NO3. The van der Waals surface area contributed by atoms with Gasteiger partial charge in [-0.1, -0.05) is 6.07 Å². The number of nitrogens with one attached hydrogen (secondary N) is 1. The first-order valence-corrected chi connectivity index (χ1v) is 6.54. The SMILES string of the molecule is C[C@@H](NC(=O)Cc1ccc(F)c(F)c1)C(=O)OC(C)(C)C. The number of hydrogen-bond acceptors (Lipinski definition) is 3. The maximum Gasteiger partial charge on any atom is 0.328 e. The van der Waals surface area contributed by atoms with Crippen molar-refractivity contribution in [2.45, 2.75) is 45.8 Å². The molecule has 0 unspecified atom stereocenters. The number of rotatable bonds is 4. The summed E-state index contributed by atoms with van der Waals surface area (Å²) in [5.74, 6) is -3.01. The van der Waals surface area contributed by atoms with Crippen LogP contribution in [0.2, 0.25) is 0 Å². The van der Waals surface area contributed by atoms with E-state index in [1.165, 1.54) is 13.0 Å². The largest absolute Gasteiger partial charge is 0.458 e. The average Bonchev–Trinajstić information content (AvgIpc) is 2.31. The number of benzene rings is 1. The molecule has 0 saturated carbocycles. The van der Waals surface area contributed by atoms with E-state index in [9.17, 15) is 18.4 Å². The first kappa shape index (κ1) is 17.1. The lowest BCUT2D eigenvalue weighted by Gasteiger charge is -2.22. The molecule has 1 N–H and O–H groups in total. The van der Waals surface area contributed by atoms with Gasteiger partial charge in [-0.05, 0) is 45.4 Å². The second kappa shape index (κ2) is 6.65. The maximum absolute atomic E-state index is 13.0. The fraction of sp³-hybridized carbons (Fsp3) is 0.467. The smallest absolute Gasteiger partial charge is 0.328 e. The Morgan fingerprint density at radius 1 is 1.24 bits per heavy atom. The Balaban J connectivity index is 2.57. The molecule has 1 aromatic rings. The second-order valence-electron chi connectivity index (χ2n) is 5.75. The Morgan fingerprint density at radius 3 is 2.38 bits per heavy atom. The zero-order chi connectivity index (χ0) is 16.2. The van der Waals surface area contributed by atoms with Gasteiger partial charge in [0.05, 0.1) is 6.42 Å². The Hall–Kier alpha value is -1.98. The third-order valence-electron chi connectivity index (χ3n) is 2.49. The molecule has 0 aromatic heterocycles. The highest BCUT2D eigenvalue weighted by molar-refractivity contribution is 5.85. The number of esters is 1. The van der Waals surface area contributed by atoms with Gasteiger partial charge in [0.15, 0.2) is 11.6 Å². The summed E-state index contributed by atoms with van der Waals surface area (Å²) in [7, 11) is 0. The summed E-state index contributed by atoms with van der Waals surface area (Å²) in [6.45, 7) is 6.67. The van der Waals surface area contributed by atoms with Gasteiger partial charge in [0, 0.05) is 0 Å². The molecule has 0 bridgehead atoms. The van der Waals surface area contributed by atoms with Crippen LogP contribution in [0.3, 0.4) is 0 Å². The van der Waals surface area contributed by atoms with Crippen molar-refractivity contribution in [2.24, 2.45) is 0 Å². The van der Waals surface area contributed by atoms with Crippen LogP contribution in [0.4, 0.5) is 8.78 Å². The molecule has 1 rings (SSSR count). The molecule has 6 heteroatoms. The standard InChI is InChI=1S/C15H19F2NO3/c1-9(14(20)21-15(2,3)4)18-13(19)8-10-5-6-11(16)12(17)7-10/h5-7,9H,8H2,1-4H3,(H,18,19)/t9-/m1/s1. The van der Waals surface area contributed by atoms with E-state index >= 15 is 0 Å². The summed E-state index contributed by atoms with van der Waals surface area (Å²) < 4.78 is 30.9. The first-order chi connectivity index (χ1) is 9.58. The highest BCUT2D eigenvalue weighted by Gasteiger charge is 2.23. The number of hydrogen-bond donors (Lipinski definition) is 1. The molecule has 0 spiro atoms. The lowest BCUT2D eigenvalue weighted by molar-refractivity contribution is -0.158. The van der Waals surface area contributed by atoms with Crippen molar-refractivity contribution in [1.29, 1.82) is 0 Å². The lowest BCUT2D eigenvalue weighted by Crippen LogP contribution is -2.42. The van der Waals surface area contributed by atoms with Crippen LogP contribution >= 0.6 is 0 Å². The van der Waals surface area contributed by atoms with E-state index in [-0.39, 0.29) is 6.42 Å². The van der Waals surface area contributed by atoms with Gasteiger partial charge in [-0.3, -0.25) is 4.79 Å². The molecule has 116 valence electrons. The zero-order valence-corrected chi connectivity index (χ0v) is 12.5. The van der Waals surface area contributed by atoms with Gasteiger partial charge >= 0.3 is 5.97 Å². The summed E-state index contributed by atoms with van der Waals surface area (Å²) in [5.41, 5.74) is -0.321. The van der Waals surface area contributed by atoms with Gasteiger partial charge in [-0.15, -0.1) is 0 Å². The van der Waals surface area contributed by atoms with Gasteiger partial charge in [0.2, 0.25) is 5.91 Å². The third-order valence-corrected chi connectivity index (χ3v) is 2.49. The molecule has 0 radical (unpaired) electrons. The van der Waals surface area contributed by atoms with Crippen LogP contribution in [0.1, 0.15) is 33.3 Å². The Morgan fingerprint density at radius 2 is 1.86 bits per heavy atom. The molecule has 0 heterocycles. The molecule has 1 atom stereocenters. The van der Waals surface area contributed by atoms with Crippen molar-refractivity contribution in [3.05, 3.63) is 35.4 Å². The zero-order valence-electron chi connectivity index (χ0n) is 12.5. The fourth-order valence-corrected chi connectivity index (χ4v) is 1.58. The van der Waals surface area contributed by atoms with E-state index in [0.29, 0.717) is 5.56 Å². The van der Waals surface area contributed by atoms with E-state index in [0.717, 1.165) is 12.1 Å². The predicted molar refractivity (Wildman–Crippen MR) is 73.5 cm³/mol. The van der Waals surface area contributed by atoms with Crippen molar-refractivity contribution in [3.8, 4) is 0 Å². The van der Waals surface area contributed by atoms with Crippen molar-refractivity contribution >= 4 is 11.9 Å². The van der Waals surface area contributed by atoms with Crippen LogP contribution < -0.4 is 5.32 Å². The number of carbonyl (C=O) groups is 2. The highest BCUT2D eigenvalue weighted by atomic mass is 19.2. The van der Waals surface area contributed by atoms with E-state index in [1.54, 1.807) is 20.8 Å². The highest BCUT2D eigenvalue weighted by Crippen LogP contribution is 2.10. The molecule has 4 nitrogen and oxygen atoms in total. The molecule has 21 heavy (non-hydrogen) atoms. The summed E-state index contributed by atoms with van der Waals surface area (Å²) in [5, 5.41) is 2.46. The van der Waals surface area contributed by atoms with Crippen LogP contribution in [-0.2, 0) is 20.7 Å². The second-order valence-corrected chi connectivity index (χ2v) is 5.75. The van der Waals surface area contributed by atoms with Gasteiger partial charge < -0.3 is 10.1 Å². The fourth-order valence-electron chi connectivity index (χ4n) is 1.58. The van der Waals surface area contributed by atoms with Crippen molar-refractivity contribution in [2.75, 3.05) is 0 Å². The van der Waals surface area contributed by atoms with E-state index in [2.05, 4.69) is 5.32 Å². The molecule has 0 fully saturated rings. The van der Waals surface area contributed by atoms with Gasteiger partial charge in [0.1, 0.15) is 11.6 Å². The normalized spacial score (nSPS) is 12.7. The number of ether oxygens (including phenoxy) is 1. The summed E-state index contributed by atoms with van der Waals surface area (Å²) in [4.78, 5) is 23.5. The average molecular weight is 299 g/mol. The number of carbonyl (C=O) groups excluding carboxylic acids is 2. The van der Waals surface area contributed by atoms with E-state index in [1.807, 2.05) is 0 Å². The van der Waals surface area contributed by atoms with Crippen molar-refractivity contribution in [1.82, 2.24) is 5.32 Å². The molecule has 0 aliphatic heterocycles. The minimum absolute atomic E-state index is 0.148. The number of halogens is 2. The van der Waals surface area contributed by atoms with Crippen molar-refractivity contribution in [3.63, 3.8) is 0 Å². The first-order valence-electron chi connectivity index (χ1n) is 6.54. The van der Waals surface area contributed by atoms with Crippen molar-refractivity contribution < 1.29 is 23.1 Å². The molecule has 1 amide bonds. The van der Waals surface area contributed by atoms with Crippen LogP contribution in [-0.4, -0.2) is 23.5 Å². The predicted octanol–water partition coefficient (Wildman–Crippen LogP) is 2.35. The Kier molecular flexibility index (Phi) is 5.41. The summed E-state index contributed by atoms with van der Waals surface area (Å²) >= 11 is 0.